The summed E-state index contributed by atoms with van der Waals surface area (Å²) >= 11 is 2.62. The van der Waals surface area contributed by atoms with Crippen LogP contribution in [0.3, 0.4) is 0 Å². The van der Waals surface area contributed by atoms with Crippen LogP contribution in [0.15, 0.2) is 35.4 Å². The van der Waals surface area contributed by atoms with Gasteiger partial charge in [0.1, 0.15) is 16.6 Å². The summed E-state index contributed by atoms with van der Waals surface area (Å²) in [7, 11) is 3.71. The minimum absolute atomic E-state index is 0.0261. The number of nitrogens with zero attached hydrogens (tertiary/aromatic N) is 3. The quantitative estimate of drug-likeness (QED) is 0.306. The number of carbonyl (C=O) groups excluding carboxylic acids is 2. The Kier molecular flexibility index (Phi) is 7.02. The highest BCUT2D eigenvalue weighted by Gasteiger charge is 2.31. The van der Waals surface area contributed by atoms with E-state index in [0.29, 0.717) is 15.6 Å². The number of aryl methyl sites for hydroxylation is 1. The van der Waals surface area contributed by atoms with Crippen molar-refractivity contribution in [2.75, 3.05) is 33.0 Å². The Morgan fingerprint density at radius 1 is 1.18 bits per heavy atom. The number of ether oxygens (including phenoxy) is 1. The van der Waals surface area contributed by atoms with Gasteiger partial charge in [-0.1, -0.05) is 11.8 Å². The van der Waals surface area contributed by atoms with Gasteiger partial charge in [0, 0.05) is 24.0 Å². The van der Waals surface area contributed by atoms with Gasteiger partial charge < -0.3 is 15.0 Å². The summed E-state index contributed by atoms with van der Waals surface area (Å²) in [6, 6.07) is 9.12. The van der Waals surface area contributed by atoms with Crippen LogP contribution >= 0.6 is 23.1 Å². The lowest BCUT2D eigenvalue weighted by atomic mass is 9.90. The van der Waals surface area contributed by atoms with Crippen molar-refractivity contribution >= 4 is 45.7 Å². The number of nitrogens with one attached hydrogen (secondary N) is 1. The lowest BCUT2D eigenvalue weighted by Gasteiger charge is -2.38. The zero-order valence-electron chi connectivity index (χ0n) is 19.3. The molecule has 0 saturated carbocycles. The third-order valence-electron chi connectivity index (χ3n) is 5.93. The van der Waals surface area contributed by atoms with Crippen LogP contribution in [0.2, 0.25) is 0 Å². The summed E-state index contributed by atoms with van der Waals surface area (Å²) in [5.74, 6) is 1.47. The molecule has 1 fully saturated rings. The van der Waals surface area contributed by atoms with Crippen molar-refractivity contribution in [1.82, 2.24) is 20.2 Å². The van der Waals surface area contributed by atoms with Crippen molar-refractivity contribution in [2.24, 2.45) is 0 Å². The summed E-state index contributed by atoms with van der Waals surface area (Å²) in [4.78, 5) is 38.1. The molecule has 3 aromatic rings. The standard InChI is InChI=1S/C24H28N4O3S2/c1-15-25-18-6-5-16(31-4)13-17(18)23(26-15)32-14-19(29)20-7-8-21(33-20)22(30)27-24(2)9-11-28(3)12-10-24/h5-8,13H,9-12,14H2,1-4H3,(H,27,30). The highest BCUT2D eigenvalue weighted by atomic mass is 32.2. The van der Waals surface area contributed by atoms with E-state index < -0.39 is 0 Å². The molecule has 0 atom stereocenters. The van der Waals surface area contributed by atoms with Crippen molar-refractivity contribution in [3.63, 3.8) is 0 Å². The molecule has 1 aromatic carbocycles. The van der Waals surface area contributed by atoms with Crippen LogP contribution in [0, 0.1) is 6.92 Å². The molecule has 1 N–H and O–H groups in total. The van der Waals surface area contributed by atoms with Crippen molar-refractivity contribution in [2.45, 2.75) is 37.3 Å². The molecule has 174 valence electrons. The number of thiophene rings is 1. The van der Waals surface area contributed by atoms with Gasteiger partial charge >= 0.3 is 0 Å². The molecule has 0 bridgehead atoms. The number of benzene rings is 1. The lowest BCUT2D eigenvalue weighted by molar-refractivity contribution is 0.0856. The van der Waals surface area contributed by atoms with Gasteiger partial charge in [-0.3, -0.25) is 9.59 Å². The third kappa shape index (κ3) is 5.54. The van der Waals surface area contributed by atoms with Crippen LogP contribution in [0.5, 0.6) is 5.75 Å². The number of carbonyl (C=O) groups is 2. The van der Waals surface area contributed by atoms with Crippen LogP contribution in [0.25, 0.3) is 10.9 Å². The molecule has 3 heterocycles. The molecule has 1 aliphatic heterocycles. The number of aromatic nitrogens is 2. The minimum atomic E-state index is -0.208. The Morgan fingerprint density at radius 3 is 2.64 bits per heavy atom. The number of likely N-dealkylation sites (tertiary alicyclic amines) is 1. The fourth-order valence-corrected chi connectivity index (χ4v) is 5.68. The molecule has 9 heteroatoms. The first-order valence-corrected chi connectivity index (χ1v) is 12.7. The topological polar surface area (TPSA) is 84.4 Å². The first kappa shape index (κ1) is 23.7. The highest BCUT2D eigenvalue weighted by Crippen LogP contribution is 2.30. The van der Waals surface area contributed by atoms with Gasteiger partial charge in [0.05, 0.1) is 28.1 Å². The molecule has 0 spiro atoms. The van der Waals surface area contributed by atoms with Crippen molar-refractivity contribution in [3.05, 3.63) is 45.9 Å². The molecule has 1 amide bonds. The summed E-state index contributed by atoms with van der Waals surface area (Å²) in [6.45, 7) is 5.86. The van der Waals surface area contributed by atoms with E-state index in [1.165, 1.54) is 23.1 Å². The van der Waals surface area contributed by atoms with Gasteiger partial charge in [0.15, 0.2) is 5.78 Å². The molecule has 1 saturated heterocycles. The van der Waals surface area contributed by atoms with E-state index in [4.69, 9.17) is 4.74 Å². The normalized spacial score (nSPS) is 16.0. The molecule has 2 aromatic heterocycles. The Morgan fingerprint density at radius 2 is 1.91 bits per heavy atom. The Balaban J connectivity index is 1.43. The molecule has 0 radical (unpaired) electrons. The van der Waals surface area contributed by atoms with Crippen LogP contribution < -0.4 is 10.1 Å². The maximum atomic E-state index is 12.9. The number of hydrogen-bond donors (Lipinski definition) is 1. The smallest absolute Gasteiger partial charge is 0.261 e. The second-order valence-corrected chi connectivity index (χ2v) is 10.7. The number of thioether (sulfide) groups is 1. The van der Waals surface area contributed by atoms with E-state index in [9.17, 15) is 9.59 Å². The van der Waals surface area contributed by atoms with Crippen molar-refractivity contribution in [3.8, 4) is 5.75 Å². The first-order valence-electron chi connectivity index (χ1n) is 10.9. The van der Waals surface area contributed by atoms with Gasteiger partial charge in [-0.05, 0) is 64.1 Å². The number of piperidine rings is 1. The third-order valence-corrected chi connectivity index (χ3v) is 8.05. The maximum Gasteiger partial charge on any atom is 0.261 e. The van der Waals surface area contributed by atoms with E-state index in [2.05, 4.69) is 34.2 Å². The van der Waals surface area contributed by atoms with Gasteiger partial charge in [0.2, 0.25) is 0 Å². The average Bonchev–Trinajstić information content (AvgIpc) is 3.30. The molecule has 33 heavy (non-hydrogen) atoms. The fraction of sp³-hybridized carbons (Fsp3) is 0.417. The molecule has 0 unspecified atom stereocenters. The molecule has 7 nitrogen and oxygen atoms in total. The minimum Gasteiger partial charge on any atom is -0.497 e. The monoisotopic (exact) mass is 484 g/mol. The second-order valence-electron chi connectivity index (χ2n) is 8.65. The highest BCUT2D eigenvalue weighted by molar-refractivity contribution is 8.00. The van der Waals surface area contributed by atoms with E-state index in [-0.39, 0.29) is 23.0 Å². The predicted octanol–water partition coefficient (Wildman–Crippen LogP) is 4.20. The van der Waals surface area contributed by atoms with Gasteiger partial charge in [0.25, 0.3) is 5.91 Å². The molecular weight excluding hydrogens is 456 g/mol. The van der Waals surface area contributed by atoms with Crippen LogP contribution in [-0.4, -0.2) is 65.1 Å². The predicted molar refractivity (Wildman–Crippen MR) is 133 cm³/mol. The second kappa shape index (κ2) is 9.79. The Hall–Kier alpha value is -2.49. The largest absolute Gasteiger partial charge is 0.497 e. The molecule has 0 aliphatic carbocycles. The zero-order chi connectivity index (χ0) is 23.6. The Labute approximate surface area is 201 Å². The lowest BCUT2D eigenvalue weighted by Crippen LogP contribution is -2.52. The molecule has 4 rings (SSSR count). The summed E-state index contributed by atoms with van der Waals surface area (Å²) in [5.41, 5.74) is 0.608. The summed E-state index contributed by atoms with van der Waals surface area (Å²) in [6.07, 6.45) is 1.83. The van der Waals surface area contributed by atoms with Gasteiger partial charge in [-0.25, -0.2) is 9.97 Å². The van der Waals surface area contributed by atoms with E-state index in [1.54, 1.807) is 19.2 Å². The summed E-state index contributed by atoms with van der Waals surface area (Å²) < 4.78 is 5.32. The number of hydrogen-bond acceptors (Lipinski definition) is 8. The molecular formula is C24H28N4O3S2. The number of fused-ring (bicyclic) bond motifs is 1. The van der Waals surface area contributed by atoms with Crippen LogP contribution in [0.1, 0.15) is 44.9 Å². The van der Waals surface area contributed by atoms with Crippen molar-refractivity contribution < 1.29 is 14.3 Å². The molecule has 1 aliphatic rings. The number of ketones is 1. The maximum absolute atomic E-state index is 12.9. The van der Waals surface area contributed by atoms with Crippen LogP contribution in [0.4, 0.5) is 0 Å². The summed E-state index contributed by atoms with van der Waals surface area (Å²) in [5, 5.41) is 4.78. The van der Waals surface area contributed by atoms with E-state index in [0.717, 1.165) is 47.6 Å². The number of amides is 1. The average molecular weight is 485 g/mol. The first-order chi connectivity index (χ1) is 15.8. The SMILES string of the molecule is COc1ccc2nc(C)nc(SCC(=O)c3ccc(C(=O)NC4(C)CCN(C)CC4)s3)c2c1. The number of rotatable bonds is 7. The zero-order valence-corrected chi connectivity index (χ0v) is 20.9. The number of methoxy groups -OCH3 is 1. The van der Waals surface area contributed by atoms with Gasteiger partial charge in [-0.2, -0.15) is 0 Å². The fourth-order valence-electron chi connectivity index (χ4n) is 3.81. The van der Waals surface area contributed by atoms with E-state index >= 15 is 0 Å². The van der Waals surface area contributed by atoms with Crippen LogP contribution in [-0.2, 0) is 0 Å². The Bertz CT molecular complexity index is 1190. The van der Waals surface area contributed by atoms with E-state index in [1.807, 2.05) is 25.1 Å². The van der Waals surface area contributed by atoms with Gasteiger partial charge in [-0.15, -0.1) is 11.3 Å². The van der Waals surface area contributed by atoms with Crippen molar-refractivity contribution in [1.29, 1.82) is 0 Å². The number of Topliss-reactive ketones (excluding diaryl/α,β-unsaturated/α-hetero) is 1.